The summed E-state index contributed by atoms with van der Waals surface area (Å²) in [5, 5.41) is 19.7. The lowest BCUT2D eigenvalue weighted by Crippen LogP contribution is -1.99. The molecule has 0 aliphatic heterocycles. The fourth-order valence-corrected chi connectivity index (χ4v) is 3.24. The lowest BCUT2D eigenvalue weighted by atomic mass is 9.95. The van der Waals surface area contributed by atoms with Crippen molar-refractivity contribution in [3.63, 3.8) is 0 Å². The molecule has 0 radical (unpaired) electrons. The quantitative estimate of drug-likeness (QED) is 0.759. The van der Waals surface area contributed by atoms with Crippen molar-refractivity contribution in [1.82, 2.24) is 0 Å². The topological polar surface area (TPSA) is 57.5 Å². The summed E-state index contributed by atoms with van der Waals surface area (Å²) < 4.78 is 0. The van der Waals surface area contributed by atoms with Gasteiger partial charge in [0.1, 0.15) is 11.0 Å². The molecular weight excluding hydrogens is 296 g/mol. The molecule has 22 heavy (non-hydrogen) atoms. The minimum absolute atomic E-state index is 0.228. The monoisotopic (exact) mass is 310 g/mol. The first-order valence-electron chi connectivity index (χ1n) is 6.82. The average molecular weight is 310 g/mol. The largest absolute Gasteiger partial charge is 0.477 e. The van der Waals surface area contributed by atoms with Gasteiger partial charge in [0, 0.05) is 4.88 Å². The van der Waals surface area contributed by atoms with Gasteiger partial charge in [-0.3, -0.25) is 0 Å². The molecule has 3 rings (SSSR count). The molecule has 0 spiro atoms. The van der Waals surface area contributed by atoms with Crippen LogP contribution in [0.4, 0.5) is 0 Å². The predicted molar refractivity (Wildman–Crippen MR) is 87.2 cm³/mol. The van der Waals surface area contributed by atoms with E-state index in [2.05, 4.69) is 0 Å². The molecule has 1 aromatic heterocycles. The van der Waals surface area contributed by atoms with Crippen LogP contribution in [-0.4, -0.2) is 16.2 Å². The van der Waals surface area contributed by atoms with Crippen LogP contribution in [0.3, 0.4) is 0 Å². The number of carboxylic acids is 1. The summed E-state index contributed by atoms with van der Waals surface area (Å²) in [7, 11) is 0. The summed E-state index contributed by atoms with van der Waals surface area (Å²) in [6.45, 7) is 0. The van der Waals surface area contributed by atoms with Crippen LogP contribution in [0.2, 0.25) is 0 Å². The van der Waals surface area contributed by atoms with Gasteiger partial charge in [0.15, 0.2) is 0 Å². The van der Waals surface area contributed by atoms with Crippen molar-refractivity contribution < 1.29 is 15.0 Å². The van der Waals surface area contributed by atoms with E-state index >= 15 is 0 Å². The van der Waals surface area contributed by atoms with Gasteiger partial charge in [-0.25, -0.2) is 4.79 Å². The lowest BCUT2D eigenvalue weighted by molar-refractivity contribution is 0.0702. The molecule has 0 bridgehead atoms. The Morgan fingerprint density at radius 2 is 1.59 bits per heavy atom. The highest BCUT2D eigenvalue weighted by atomic mass is 32.1. The second-order valence-electron chi connectivity index (χ2n) is 4.86. The summed E-state index contributed by atoms with van der Waals surface area (Å²) in [6, 6.07) is 20.6. The molecule has 110 valence electrons. The van der Waals surface area contributed by atoms with Crippen LogP contribution in [0.5, 0.6) is 0 Å². The van der Waals surface area contributed by atoms with E-state index in [0.717, 1.165) is 28.0 Å². The number of hydrogen-bond acceptors (Lipinski definition) is 3. The maximum atomic E-state index is 11.0. The molecule has 0 saturated carbocycles. The van der Waals surface area contributed by atoms with Gasteiger partial charge in [0.05, 0.1) is 0 Å². The summed E-state index contributed by atoms with van der Waals surface area (Å²) >= 11 is 1.10. The predicted octanol–water partition coefficient (Wildman–Crippen LogP) is 4.20. The molecule has 2 N–H and O–H groups in total. The number of rotatable bonds is 4. The van der Waals surface area contributed by atoms with Gasteiger partial charge in [-0.2, -0.15) is 0 Å². The lowest BCUT2D eigenvalue weighted by Gasteiger charge is -2.14. The molecule has 3 nitrogen and oxygen atoms in total. The number of aromatic carboxylic acids is 1. The molecular formula is C18H14O3S. The molecule has 0 aliphatic rings. The molecule has 0 amide bonds. The van der Waals surface area contributed by atoms with Crippen LogP contribution in [0.1, 0.15) is 26.2 Å². The van der Waals surface area contributed by atoms with E-state index in [1.165, 1.54) is 6.07 Å². The van der Waals surface area contributed by atoms with Crippen molar-refractivity contribution >= 4 is 17.3 Å². The molecule has 4 heteroatoms. The van der Waals surface area contributed by atoms with Crippen molar-refractivity contribution in [2.45, 2.75) is 6.10 Å². The molecule has 3 aromatic rings. The standard InChI is InChI=1S/C18H14O3S/c19-17(15-10-11-16(22-15)18(20)21)14-9-5-4-8-13(14)12-6-2-1-3-7-12/h1-11,17,19H,(H,20,21). The number of aliphatic hydroxyl groups is 1. The van der Waals surface area contributed by atoms with E-state index in [-0.39, 0.29) is 4.88 Å². The Balaban J connectivity index is 2.02. The number of aliphatic hydroxyl groups excluding tert-OH is 1. The van der Waals surface area contributed by atoms with E-state index in [1.54, 1.807) is 6.07 Å². The Labute approximate surface area is 132 Å². The van der Waals surface area contributed by atoms with Gasteiger partial charge < -0.3 is 10.2 Å². The van der Waals surface area contributed by atoms with Crippen molar-refractivity contribution in [2.24, 2.45) is 0 Å². The molecule has 0 fully saturated rings. The van der Waals surface area contributed by atoms with E-state index in [1.807, 2.05) is 54.6 Å². The number of carbonyl (C=O) groups is 1. The normalized spacial score (nSPS) is 12.0. The van der Waals surface area contributed by atoms with Gasteiger partial charge in [0.25, 0.3) is 0 Å². The Morgan fingerprint density at radius 1 is 0.909 bits per heavy atom. The number of carboxylic acid groups (broad SMARTS) is 1. The van der Waals surface area contributed by atoms with Crippen LogP contribution in [0.15, 0.2) is 66.7 Å². The third kappa shape index (κ3) is 2.79. The first-order valence-corrected chi connectivity index (χ1v) is 7.64. The Kier molecular flexibility index (Phi) is 4.04. The zero-order valence-electron chi connectivity index (χ0n) is 11.6. The van der Waals surface area contributed by atoms with Gasteiger partial charge in [-0.15, -0.1) is 11.3 Å². The number of hydrogen-bond donors (Lipinski definition) is 2. The van der Waals surface area contributed by atoms with Crippen molar-refractivity contribution in [3.05, 3.63) is 82.0 Å². The fraction of sp³-hybridized carbons (Fsp3) is 0.0556. The number of benzene rings is 2. The molecule has 1 unspecified atom stereocenters. The highest BCUT2D eigenvalue weighted by Crippen LogP contribution is 2.34. The highest BCUT2D eigenvalue weighted by molar-refractivity contribution is 7.14. The first-order chi connectivity index (χ1) is 10.7. The van der Waals surface area contributed by atoms with Gasteiger partial charge in [0.2, 0.25) is 0 Å². The van der Waals surface area contributed by atoms with Crippen molar-refractivity contribution in [1.29, 1.82) is 0 Å². The summed E-state index contributed by atoms with van der Waals surface area (Å²) in [6.07, 6.45) is -0.838. The Bertz CT molecular complexity index is 793. The molecule has 0 aliphatic carbocycles. The first kappa shape index (κ1) is 14.5. The van der Waals surface area contributed by atoms with Crippen molar-refractivity contribution in [2.75, 3.05) is 0 Å². The molecule has 0 saturated heterocycles. The summed E-state index contributed by atoms with van der Waals surface area (Å²) in [4.78, 5) is 11.8. The van der Waals surface area contributed by atoms with Gasteiger partial charge in [-0.05, 0) is 28.8 Å². The van der Waals surface area contributed by atoms with E-state index < -0.39 is 12.1 Å². The second kappa shape index (κ2) is 6.13. The second-order valence-corrected chi connectivity index (χ2v) is 5.98. The van der Waals surface area contributed by atoms with Crippen molar-refractivity contribution in [3.8, 4) is 11.1 Å². The van der Waals surface area contributed by atoms with E-state index in [4.69, 9.17) is 5.11 Å². The van der Waals surface area contributed by atoms with E-state index in [9.17, 15) is 9.90 Å². The maximum absolute atomic E-state index is 11.0. The third-order valence-corrected chi connectivity index (χ3v) is 4.57. The zero-order chi connectivity index (χ0) is 15.5. The van der Waals surface area contributed by atoms with E-state index in [0.29, 0.717) is 4.88 Å². The average Bonchev–Trinajstić information content (AvgIpc) is 3.05. The molecule has 1 heterocycles. The Hall–Kier alpha value is -2.43. The van der Waals surface area contributed by atoms with Crippen LogP contribution in [-0.2, 0) is 0 Å². The summed E-state index contributed by atoms with van der Waals surface area (Å²) in [5.41, 5.74) is 2.74. The van der Waals surface area contributed by atoms with Crippen LogP contribution in [0, 0.1) is 0 Å². The smallest absolute Gasteiger partial charge is 0.345 e. The molecule has 2 aromatic carbocycles. The van der Waals surface area contributed by atoms with Gasteiger partial charge >= 0.3 is 5.97 Å². The zero-order valence-corrected chi connectivity index (χ0v) is 12.5. The minimum Gasteiger partial charge on any atom is -0.477 e. The molecule has 1 atom stereocenters. The number of thiophene rings is 1. The Morgan fingerprint density at radius 3 is 2.27 bits per heavy atom. The van der Waals surface area contributed by atoms with Crippen LogP contribution in [0.25, 0.3) is 11.1 Å². The third-order valence-electron chi connectivity index (χ3n) is 3.45. The maximum Gasteiger partial charge on any atom is 0.345 e. The van der Waals surface area contributed by atoms with Crippen LogP contribution < -0.4 is 0 Å². The van der Waals surface area contributed by atoms with Crippen LogP contribution >= 0.6 is 11.3 Å². The minimum atomic E-state index is -0.972. The van der Waals surface area contributed by atoms with Gasteiger partial charge in [-0.1, -0.05) is 54.6 Å². The SMILES string of the molecule is O=C(O)c1ccc(C(O)c2ccccc2-c2ccccc2)s1. The summed E-state index contributed by atoms with van der Waals surface area (Å²) in [5.74, 6) is -0.972. The highest BCUT2D eigenvalue weighted by Gasteiger charge is 2.18. The fourth-order valence-electron chi connectivity index (χ4n) is 2.38.